The summed E-state index contributed by atoms with van der Waals surface area (Å²) in [5.41, 5.74) is 8.00. The third kappa shape index (κ3) is 1.99. The highest BCUT2D eigenvalue weighted by atomic mass is 79.9. The SMILES string of the molecule is Cc1ccn(-c2ccc(C(=N)N)cc2Br)n1. The molecular formula is C11H11BrN4. The molecule has 5 heteroatoms. The molecule has 0 spiro atoms. The van der Waals surface area contributed by atoms with Gasteiger partial charge in [0.1, 0.15) is 5.84 Å². The van der Waals surface area contributed by atoms with Crippen molar-refractivity contribution in [1.29, 1.82) is 5.41 Å². The van der Waals surface area contributed by atoms with E-state index in [0.717, 1.165) is 15.9 Å². The van der Waals surface area contributed by atoms with Gasteiger partial charge in [0, 0.05) is 16.2 Å². The maximum absolute atomic E-state index is 7.35. The topological polar surface area (TPSA) is 67.7 Å². The van der Waals surface area contributed by atoms with Crippen molar-refractivity contribution in [2.75, 3.05) is 0 Å². The molecule has 0 unspecified atom stereocenters. The van der Waals surface area contributed by atoms with Gasteiger partial charge in [-0.2, -0.15) is 5.10 Å². The minimum atomic E-state index is 0.0592. The largest absolute Gasteiger partial charge is 0.384 e. The van der Waals surface area contributed by atoms with E-state index in [1.165, 1.54) is 0 Å². The van der Waals surface area contributed by atoms with Gasteiger partial charge in [-0.05, 0) is 47.1 Å². The first-order valence-corrected chi connectivity index (χ1v) is 5.54. The van der Waals surface area contributed by atoms with Crippen LogP contribution in [0.2, 0.25) is 0 Å². The average Bonchev–Trinajstić information content (AvgIpc) is 2.64. The highest BCUT2D eigenvalue weighted by Crippen LogP contribution is 2.22. The van der Waals surface area contributed by atoms with Gasteiger partial charge >= 0.3 is 0 Å². The molecule has 0 saturated carbocycles. The summed E-state index contributed by atoms with van der Waals surface area (Å²) in [4.78, 5) is 0. The van der Waals surface area contributed by atoms with Crippen LogP contribution in [0.15, 0.2) is 34.9 Å². The van der Waals surface area contributed by atoms with Crippen molar-refractivity contribution in [3.05, 3.63) is 46.2 Å². The summed E-state index contributed by atoms with van der Waals surface area (Å²) in [6, 6.07) is 7.44. The van der Waals surface area contributed by atoms with Gasteiger partial charge in [-0.25, -0.2) is 4.68 Å². The van der Waals surface area contributed by atoms with Gasteiger partial charge in [-0.15, -0.1) is 0 Å². The van der Waals surface area contributed by atoms with Crippen molar-refractivity contribution in [1.82, 2.24) is 9.78 Å². The van der Waals surface area contributed by atoms with E-state index in [1.54, 1.807) is 10.7 Å². The summed E-state index contributed by atoms with van der Waals surface area (Å²) in [6.07, 6.45) is 1.89. The Morgan fingerprint density at radius 1 is 1.44 bits per heavy atom. The van der Waals surface area contributed by atoms with Gasteiger partial charge < -0.3 is 5.73 Å². The molecule has 0 aliphatic rings. The number of aryl methyl sites for hydroxylation is 1. The van der Waals surface area contributed by atoms with Crippen LogP contribution in [0.1, 0.15) is 11.3 Å². The lowest BCUT2D eigenvalue weighted by atomic mass is 10.2. The molecule has 2 aromatic rings. The van der Waals surface area contributed by atoms with E-state index >= 15 is 0 Å². The zero-order valence-electron chi connectivity index (χ0n) is 8.74. The number of amidine groups is 1. The van der Waals surface area contributed by atoms with Crippen LogP contribution in [0.25, 0.3) is 5.69 Å². The van der Waals surface area contributed by atoms with Crippen molar-refractivity contribution < 1.29 is 0 Å². The number of nitrogen functional groups attached to an aromatic ring is 1. The molecule has 82 valence electrons. The van der Waals surface area contributed by atoms with Crippen LogP contribution in [0.4, 0.5) is 0 Å². The summed E-state index contributed by atoms with van der Waals surface area (Å²) in [6.45, 7) is 1.94. The highest BCUT2D eigenvalue weighted by molar-refractivity contribution is 9.10. The Morgan fingerprint density at radius 3 is 2.69 bits per heavy atom. The van der Waals surface area contributed by atoms with E-state index in [4.69, 9.17) is 11.1 Å². The third-order valence-corrected chi connectivity index (χ3v) is 2.86. The van der Waals surface area contributed by atoms with Crippen molar-refractivity contribution in [2.45, 2.75) is 6.92 Å². The molecule has 0 saturated heterocycles. The van der Waals surface area contributed by atoms with Crippen molar-refractivity contribution >= 4 is 21.8 Å². The maximum atomic E-state index is 7.35. The first-order chi connectivity index (χ1) is 7.58. The zero-order chi connectivity index (χ0) is 11.7. The quantitative estimate of drug-likeness (QED) is 0.653. The lowest BCUT2D eigenvalue weighted by Crippen LogP contribution is -2.11. The maximum Gasteiger partial charge on any atom is 0.122 e. The lowest BCUT2D eigenvalue weighted by Gasteiger charge is -2.06. The van der Waals surface area contributed by atoms with Crippen LogP contribution < -0.4 is 5.73 Å². The molecule has 0 amide bonds. The van der Waals surface area contributed by atoms with Crippen LogP contribution in [0.3, 0.4) is 0 Å². The molecule has 0 bridgehead atoms. The number of rotatable bonds is 2. The molecule has 3 N–H and O–H groups in total. The minimum absolute atomic E-state index is 0.0592. The van der Waals surface area contributed by atoms with E-state index in [2.05, 4.69) is 21.0 Å². The Bertz CT molecular complexity index is 545. The number of halogens is 1. The van der Waals surface area contributed by atoms with Crippen LogP contribution in [-0.2, 0) is 0 Å². The van der Waals surface area contributed by atoms with Gasteiger partial charge in [0.15, 0.2) is 0 Å². The summed E-state index contributed by atoms with van der Waals surface area (Å²) in [5.74, 6) is 0.0592. The van der Waals surface area contributed by atoms with E-state index < -0.39 is 0 Å². The minimum Gasteiger partial charge on any atom is -0.384 e. The second-order valence-electron chi connectivity index (χ2n) is 3.48. The summed E-state index contributed by atoms with van der Waals surface area (Å²) in [5, 5.41) is 11.7. The molecule has 0 atom stereocenters. The molecule has 16 heavy (non-hydrogen) atoms. The zero-order valence-corrected chi connectivity index (χ0v) is 10.3. The Balaban J connectivity index is 2.47. The number of hydrogen-bond acceptors (Lipinski definition) is 2. The number of nitrogens with one attached hydrogen (secondary N) is 1. The van der Waals surface area contributed by atoms with Gasteiger partial charge in [0.25, 0.3) is 0 Å². The molecule has 2 rings (SSSR count). The van der Waals surface area contributed by atoms with E-state index in [-0.39, 0.29) is 5.84 Å². The molecule has 1 aromatic carbocycles. The van der Waals surface area contributed by atoms with Crippen molar-refractivity contribution in [3.8, 4) is 5.69 Å². The predicted molar refractivity (Wildman–Crippen MR) is 67.0 cm³/mol. The van der Waals surface area contributed by atoms with E-state index in [1.807, 2.05) is 31.3 Å². The van der Waals surface area contributed by atoms with Gasteiger partial charge in [-0.3, -0.25) is 5.41 Å². The molecule has 0 aliphatic heterocycles. The van der Waals surface area contributed by atoms with Crippen LogP contribution in [0.5, 0.6) is 0 Å². The number of nitrogens with two attached hydrogens (primary N) is 1. The fraction of sp³-hybridized carbons (Fsp3) is 0.0909. The lowest BCUT2D eigenvalue weighted by molar-refractivity contribution is 0.858. The Morgan fingerprint density at radius 2 is 2.19 bits per heavy atom. The highest BCUT2D eigenvalue weighted by Gasteiger charge is 2.05. The Hall–Kier alpha value is -1.62. The fourth-order valence-corrected chi connectivity index (χ4v) is 1.97. The molecule has 1 aromatic heterocycles. The number of hydrogen-bond donors (Lipinski definition) is 2. The number of nitrogens with zero attached hydrogens (tertiary/aromatic N) is 2. The van der Waals surface area contributed by atoms with E-state index in [0.29, 0.717) is 5.56 Å². The van der Waals surface area contributed by atoms with Gasteiger partial charge in [0.2, 0.25) is 0 Å². The first kappa shape index (κ1) is 10.9. The van der Waals surface area contributed by atoms with Crippen LogP contribution >= 0.6 is 15.9 Å². The molecule has 0 aliphatic carbocycles. The number of aromatic nitrogens is 2. The first-order valence-electron chi connectivity index (χ1n) is 4.74. The second kappa shape index (κ2) is 4.09. The summed E-state index contributed by atoms with van der Waals surface area (Å²) in [7, 11) is 0. The standard InChI is InChI=1S/C11H11BrN4/c1-7-4-5-16(15-7)10-3-2-8(11(13)14)6-9(10)12/h2-6H,1H3,(H3,13,14). The average molecular weight is 279 g/mol. The third-order valence-electron chi connectivity index (χ3n) is 2.23. The second-order valence-corrected chi connectivity index (χ2v) is 4.34. The smallest absolute Gasteiger partial charge is 0.122 e. The molecule has 0 radical (unpaired) electrons. The molecular weight excluding hydrogens is 268 g/mol. The van der Waals surface area contributed by atoms with Gasteiger partial charge in [0.05, 0.1) is 11.4 Å². The monoisotopic (exact) mass is 278 g/mol. The normalized spacial score (nSPS) is 10.4. The number of benzene rings is 1. The summed E-state index contributed by atoms with van der Waals surface area (Å²) < 4.78 is 2.65. The van der Waals surface area contributed by atoms with Crippen molar-refractivity contribution in [2.24, 2.45) is 5.73 Å². The van der Waals surface area contributed by atoms with Crippen molar-refractivity contribution in [3.63, 3.8) is 0 Å². The van der Waals surface area contributed by atoms with Crippen LogP contribution in [-0.4, -0.2) is 15.6 Å². The molecule has 4 nitrogen and oxygen atoms in total. The molecule has 0 fully saturated rings. The van der Waals surface area contributed by atoms with E-state index in [9.17, 15) is 0 Å². The van der Waals surface area contributed by atoms with Gasteiger partial charge in [-0.1, -0.05) is 0 Å². The van der Waals surface area contributed by atoms with Crippen LogP contribution in [0, 0.1) is 12.3 Å². The predicted octanol–water partition coefficient (Wildman–Crippen LogP) is 2.23. The Kier molecular flexibility index (Phi) is 2.78. The Labute approximate surface area is 102 Å². The molecule has 1 heterocycles. The summed E-state index contributed by atoms with van der Waals surface area (Å²) >= 11 is 3.45. The fourth-order valence-electron chi connectivity index (χ4n) is 1.41.